The van der Waals surface area contributed by atoms with E-state index in [4.69, 9.17) is 11.6 Å². The number of benzene rings is 3. The summed E-state index contributed by atoms with van der Waals surface area (Å²) >= 11 is 11.2. The number of nitrogens with zero attached hydrogens (tertiary/aromatic N) is 4. The summed E-state index contributed by atoms with van der Waals surface area (Å²) in [7, 11) is 0. The molecule has 0 bridgehead atoms. The van der Waals surface area contributed by atoms with Gasteiger partial charge in [-0.1, -0.05) is 45.7 Å². The van der Waals surface area contributed by atoms with Crippen LogP contribution in [0.3, 0.4) is 0 Å². The number of nitro groups is 1. The van der Waals surface area contributed by atoms with E-state index in [9.17, 15) is 10.1 Å². The van der Waals surface area contributed by atoms with Crippen LogP contribution >= 0.6 is 38.9 Å². The van der Waals surface area contributed by atoms with Crippen LogP contribution in [0.2, 0.25) is 5.02 Å². The minimum absolute atomic E-state index is 0.0327. The highest BCUT2D eigenvalue weighted by molar-refractivity contribution is 9.10. The first-order valence-corrected chi connectivity index (χ1v) is 11.1. The molecule has 0 aliphatic carbocycles. The zero-order chi connectivity index (χ0) is 21.8. The highest BCUT2D eigenvalue weighted by atomic mass is 79.9. The van der Waals surface area contributed by atoms with E-state index in [-0.39, 0.29) is 5.69 Å². The Morgan fingerprint density at radius 2 is 1.81 bits per heavy atom. The van der Waals surface area contributed by atoms with E-state index in [1.807, 2.05) is 58.5 Å². The Morgan fingerprint density at radius 1 is 1.06 bits per heavy atom. The van der Waals surface area contributed by atoms with Gasteiger partial charge in [-0.25, -0.2) is 0 Å². The fraction of sp³-hybridized carbons (Fsp3) is 0. The third-order valence-corrected chi connectivity index (χ3v) is 5.95. The van der Waals surface area contributed by atoms with Crippen LogP contribution in [0.5, 0.6) is 0 Å². The predicted octanol–water partition coefficient (Wildman–Crippen LogP) is 6.46. The Balaban J connectivity index is 1.76. The molecule has 1 aromatic heterocycles. The lowest BCUT2D eigenvalue weighted by atomic mass is 10.1. The first-order chi connectivity index (χ1) is 15.0. The summed E-state index contributed by atoms with van der Waals surface area (Å²) < 4.78 is 2.99. The maximum atomic E-state index is 10.8. The largest absolute Gasteiger partial charge is 0.284 e. The maximum absolute atomic E-state index is 10.8. The smallest absolute Gasteiger partial charge is 0.269 e. The van der Waals surface area contributed by atoms with E-state index in [0.717, 1.165) is 21.4 Å². The minimum atomic E-state index is -0.436. The molecule has 0 aliphatic rings. The van der Waals surface area contributed by atoms with Crippen molar-refractivity contribution in [3.63, 3.8) is 0 Å². The molecule has 4 aromatic rings. The molecule has 3 aromatic carbocycles. The molecule has 0 saturated heterocycles. The lowest BCUT2D eigenvalue weighted by Crippen LogP contribution is -2.13. The van der Waals surface area contributed by atoms with Crippen molar-refractivity contribution >= 4 is 50.8 Å². The second-order valence-corrected chi connectivity index (χ2v) is 8.61. The highest BCUT2D eigenvalue weighted by Crippen LogP contribution is 2.26. The molecule has 0 radical (unpaired) electrons. The zero-order valence-electron chi connectivity index (χ0n) is 15.9. The van der Waals surface area contributed by atoms with Gasteiger partial charge in [-0.3, -0.25) is 14.7 Å². The molecule has 9 heteroatoms. The monoisotopic (exact) mass is 512 g/mol. The van der Waals surface area contributed by atoms with Crippen LogP contribution in [0.25, 0.3) is 16.9 Å². The summed E-state index contributed by atoms with van der Waals surface area (Å²) in [6.07, 6.45) is 1.56. The molecule has 4 rings (SSSR count). The van der Waals surface area contributed by atoms with Gasteiger partial charge in [-0.15, -0.1) is 16.4 Å². The Labute approximate surface area is 195 Å². The van der Waals surface area contributed by atoms with Crippen LogP contribution in [0.1, 0.15) is 5.56 Å². The minimum Gasteiger partial charge on any atom is -0.284 e. The van der Waals surface area contributed by atoms with Crippen molar-refractivity contribution in [1.29, 1.82) is 0 Å². The van der Waals surface area contributed by atoms with Crippen LogP contribution in [0.4, 0.5) is 5.69 Å². The molecule has 0 saturated carbocycles. The van der Waals surface area contributed by atoms with Crippen LogP contribution in [-0.2, 0) is 0 Å². The predicted molar refractivity (Wildman–Crippen MR) is 128 cm³/mol. The Hall–Kier alpha value is -3.07. The number of rotatable bonds is 5. The standard InChI is InChI=1S/C22H14BrClN4O2S/c23-17-8-6-16(7-9-17)21-14-31-22(27(21)20-3-1-2-18(24)12-20)26-25-13-15-4-10-19(11-5-15)28(29)30/h1-14H. The second-order valence-electron chi connectivity index (χ2n) is 6.42. The molecule has 31 heavy (non-hydrogen) atoms. The number of halogens is 2. The lowest BCUT2D eigenvalue weighted by Gasteiger charge is -2.09. The van der Waals surface area contributed by atoms with Gasteiger partial charge in [-0.05, 0) is 53.6 Å². The lowest BCUT2D eigenvalue weighted by molar-refractivity contribution is -0.384. The van der Waals surface area contributed by atoms with Crippen molar-refractivity contribution in [3.8, 4) is 16.9 Å². The van der Waals surface area contributed by atoms with Crippen LogP contribution in [0, 0.1) is 10.1 Å². The number of hydrogen-bond acceptors (Lipinski definition) is 5. The van der Waals surface area contributed by atoms with Gasteiger partial charge in [0.05, 0.1) is 16.8 Å². The summed E-state index contributed by atoms with van der Waals surface area (Å²) in [5.41, 5.74) is 3.61. The molecule has 0 unspecified atom stereocenters. The molecule has 0 fully saturated rings. The Morgan fingerprint density at radius 3 is 2.48 bits per heavy atom. The first-order valence-electron chi connectivity index (χ1n) is 9.05. The third-order valence-electron chi connectivity index (χ3n) is 4.37. The van der Waals surface area contributed by atoms with E-state index < -0.39 is 4.92 Å². The first kappa shape index (κ1) is 21.2. The number of non-ortho nitro benzene ring substituents is 1. The van der Waals surface area contributed by atoms with Gasteiger partial charge in [0.1, 0.15) is 0 Å². The molecule has 0 N–H and O–H groups in total. The van der Waals surface area contributed by atoms with Crippen molar-refractivity contribution in [2.75, 3.05) is 0 Å². The summed E-state index contributed by atoms with van der Waals surface area (Å²) in [5, 5.41) is 22.0. The SMILES string of the molecule is O=[N+]([O-])c1ccc(C=NN=c2scc(-c3ccc(Br)cc3)n2-c2cccc(Cl)c2)cc1. The number of aromatic nitrogens is 1. The van der Waals surface area contributed by atoms with Crippen molar-refractivity contribution < 1.29 is 4.92 Å². The molecular weight excluding hydrogens is 500 g/mol. The number of hydrogen-bond donors (Lipinski definition) is 0. The van der Waals surface area contributed by atoms with Crippen molar-refractivity contribution in [2.24, 2.45) is 10.2 Å². The van der Waals surface area contributed by atoms with E-state index in [1.54, 1.807) is 18.3 Å². The molecule has 0 aliphatic heterocycles. The third kappa shape index (κ3) is 4.99. The molecular formula is C22H14BrClN4O2S. The van der Waals surface area contributed by atoms with E-state index in [2.05, 4.69) is 26.1 Å². The number of nitro benzene ring substituents is 1. The molecule has 154 valence electrons. The maximum Gasteiger partial charge on any atom is 0.269 e. The fourth-order valence-electron chi connectivity index (χ4n) is 2.89. The van der Waals surface area contributed by atoms with Gasteiger partial charge < -0.3 is 0 Å². The zero-order valence-corrected chi connectivity index (χ0v) is 19.0. The summed E-state index contributed by atoms with van der Waals surface area (Å²) in [4.78, 5) is 11.0. The summed E-state index contributed by atoms with van der Waals surface area (Å²) in [6.45, 7) is 0. The highest BCUT2D eigenvalue weighted by Gasteiger charge is 2.11. The van der Waals surface area contributed by atoms with E-state index >= 15 is 0 Å². The van der Waals surface area contributed by atoms with Crippen LogP contribution in [-0.4, -0.2) is 15.7 Å². The van der Waals surface area contributed by atoms with Gasteiger partial charge in [0.25, 0.3) is 5.69 Å². The molecule has 0 amide bonds. The van der Waals surface area contributed by atoms with Gasteiger partial charge >= 0.3 is 0 Å². The average molecular weight is 514 g/mol. The Bertz CT molecular complexity index is 1330. The van der Waals surface area contributed by atoms with Crippen LogP contribution < -0.4 is 4.80 Å². The van der Waals surface area contributed by atoms with Crippen LogP contribution in [0.15, 0.2) is 92.9 Å². The average Bonchev–Trinajstić information content (AvgIpc) is 3.18. The van der Waals surface area contributed by atoms with Gasteiger partial charge in [0.15, 0.2) is 0 Å². The molecule has 0 spiro atoms. The second kappa shape index (κ2) is 9.38. The van der Waals surface area contributed by atoms with Gasteiger partial charge in [0, 0.05) is 32.7 Å². The van der Waals surface area contributed by atoms with Crippen molar-refractivity contribution in [2.45, 2.75) is 0 Å². The van der Waals surface area contributed by atoms with Crippen molar-refractivity contribution in [3.05, 3.63) is 108 Å². The molecule has 0 atom stereocenters. The summed E-state index contributed by atoms with van der Waals surface area (Å²) in [5.74, 6) is 0. The normalized spacial score (nSPS) is 11.9. The van der Waals surface area contributed by atoms with Gasteiger partial charge in [-0.2, -0.15) is 5.10 Å². The number of thiazole rings is 1. The topological polar surface area (TPSA) is 72.8 Å². The van der Waals surface area contributed by atoms with Gasteiger partial charge in [0.2, 0.25) is 4.80 Å². The molecule has 6 nitrogen and oxygen atoms in total. The van der Waals surface area contributed by atoms with E-state index in [1.165, 1.54) is 23.5 Å². The molecule has 1 heterocycles. The quantitative estimate of drug-likeness (QED) is 0.174. The van der Waals surface area contributed by atoms with Crippen molar-refractivity contribution in [1.82, 2.24) is 4.57 Å². The summed E-state index contributed by atoms with van der Waals surface area (Å²) in [6, 6.07) is 21.7. The van der Waals surface area contributed by atoms with E-state index in [0.29, 0.717) is 15.4 Å². The Kier molecular flexibility index (Phi) is 6.41. The fourth-order valence-corrected chi connectivity index (χ4v) is 4.21.